The van der Waals surface area contributed by atoms with Crippen LogP contribution in [0.1, 0.15) is 26.2 Å². The Morgan fingerprint density at radius 2 is 2.21 bits per heavy atom. The first kappa shape index (κ1) is 15.3. The summed E-state index contributed by atoms with van der Waals surface area (Å²) in [6, 6.07) is -0.887. The molecule has 0 radical (unpaired) electrons. The number of likely N-dealkylation sites (tertiary alicyclic amines) is 1. The Morgan fingerprint density at radius 1 is 1.53 bits per heavy atom. The Morgan fingerprint density at radius 3 is 2.68 bits per heavy atom. The number of amides is 3. The van der Waals surface area contributed by atoms with Crippen molar-refractivity contribution in [3.8, 4) is 0 Å². The lowest BCUT2D eigenvalue weighted by Crippen LogP contribution is -2.46. The molecule has 2 atom stereocenters. The smallest absolute Gasteiger partial charge is 0.315 e. The van der Waals surface area contributed by atoms with E-state index in [-0.39, 0.29) is 18.2 Å². The molecule has 108 valence electrons. The Kier molecular flexibility index (Phi) is 5.59. The normalized spacial score (nSPS) is 20.2. The standard InChI is InChI=1S/C12H21N3O4/c1-3-8(6-10(16)17)7-13-12(19)14-9-4-5-15(2)11(9)18/h8-9H,3-7H2,1-2H3,(H,16,17)(H2,13,14,19). The number of carboxylic acids is 1. The number of carbonyl (C=O) groups is 3. The lowest BCUT2D eigenvalue weighted by molar-refractivity contribution is -0.138. The third-order valence-electron chi connectivity index (χ3n) is 3.32. The molecule has 0 saturated carbocycles. The predicted molar refractivity (Wildman–Crippen MR) is 68.6 cm³/mol. The maximum Gasteiger partial charge on any atom is 0.315 e. The van der Waals surface area contributed by atoms with Crippen molar-refractivity contribution in [1.82, 2.24) is 15.5 Å². The van der Waals surface area contributed by atoms with Gasteiger partial charge in [0, 0.05) is 26.6 Å². The number of likely N-dealkylation sites (N-methyl/N-ethyl adjacent to an activating group) is 1. The molecule has 1 rings (SSSR count). The zero-order valence-electron chi connectivity index (χ0n) is 11.3. The molecule has 1 fully saturated rings. The first-order valence-corrected chi connectivity index (χ1v) is 6.45. The van der Waals surface area contributed by atoms with Crippen molar-refractivity contribution >= 4 is 17.9 Å². The van der Waals surface area contributed by atoms with Crippen LogP contribution < -0.4 is 10.6 Å². The Balaban J connectivity index is 2.31. The number of urea groups is 1. The van der Waals surface area contributed by atoms with Crippen LogP contribution in [0.3, 0.4) is 0 Å². The topological polar surface area (TPSA) is 98.7 Å². The first-order chi connectivity index (χ1) is 8.93. The second kappa shape index (κ2) is 6.96. The van der Waals surface area contributed by atoms with Gasteiger partial charge in [-0.15, -0.1) is 0 Å². The highest BCUT2D eigenvalue weighted by Crippen LogP contribution is 2.09. The van der Waals surface area contributed by atoms with Crippen molar-refractivity contribution in [3.63, 3.8) is 0 Å². The van der Waals surface area contributed by atoms with Gasteiger partial charge in [-0.25, -0.2) is 4.79 Å². The van der Waals surface area contributed by atoms with E-state index in [9.17, 15) is 14.4 Å². The Labute approximate surface area is 112 Å². The Bertz CT molecular complexity index is 359. The third-order valence-corrected chi connectivity index (χ3v) is 3.32. The molecule has 0 aromatic rings. The number of rotatable bonds is 6. The second-order valence-corrected chi connectivity index (χ2v) is 4.83. The summed E-state index contributed by atoms with van der Waals surface area (Å²) in [5, 5.41) is 13.9. The van der Waals surface area contributed by atoms with Crippen LogP contribution in [0.4, 0.5) is 4.79 Å². The molecule has 7 nitrogen and oxygen atoms in total. The van der Waals surface area contributed by atoms with Crippen LogP contribution in [-0.2, 0) is 9.59 Å². The highest BCUT2D eigenvalue weighted by molar-refractivity contribution is 5.88. The number of carboxylic acid groups (broad SMARTS) is 1. The molecule has 0 aliphatic carbocycles. The fraction of sp³-hybridized carbons (Fsp3) is 0.750. The molecule has 3 N–H and O–H groups in total. The van der Waals surface area contributed by atoms with Crippen LogP contribution in [0.25, 0.3) is 0 Å². The van der Waals surface area contributed by atoms with E-state index in [1.54, 1.807) is 11.9 Å². The van der Waals surface area contributed by atoms with Crippen LogP contribution in [0.5, 0.6) is 0 Å². The summed E-state index contributed by atoms with van der Waals surface area (Å²) in [5.74, 6) is -1.06. The maximum absolute atomic E-state index is 11.6. The van der Waals surface area contributed by atoms with Crippen molar-refractivity contribution in [2.24, 2.45) is 5.92 Å². The van der Waals surface area contributed by atoms with Crippen molar-refractivity contribution < 1.29 is 19.5 Å². The molecular weight excluding hydrogens is 250 g/mol. The second-order valence-electron chi connectivity index (χ2n) is 4.83. The van der Waals surface area contributed by atoms with Gasteiger partial charge in [-0.1, -0.05) is 13.3 Å². The highest BCUT2D eigenvalue weighted by Gasteiger charge is 2.30. The van der Waals surface area contributed by atoms with Gasteiger partial charge in [0.25, 0.3) is 0 Å². The van der Waals surface area contributed by atoms with Crippen molar-refractivity contribution in [2.75, 3.05) is 20.1 Å². The lowest BCUT2D eigenvalue weighted by Gasteiger charge is -2.16. The molecule has 1 aliphatic heterocycles. The van der Waals surface area contributed by atoms with Crippen molar-refractivity contribution in [2.45, 2.75) is 32.2 Å². The summed E-state index contributed by atoms with van der Waals surface area (Å²) in [4.78, 5) is 35.4. The molecule has 0 aromatic heterocycles. The number of hydrogen-bond acceptors (Lipinski definition) is 3. The molecule has 2 unspecified atom stereocenters. The lowest BCUT2D eigenvalue weighted by atomic mass is 10.0. The molecule has 1 saturated heterocycles. The number of nitrogens with zero attached hydrogens (tertiary/aromatic N) is 1. The molecule has 0 spiro atoms. The van der Waals surface area contributed by atoms with E-state index < -0.39 is 18.0 Å². The fourth-order valence-corrected chi connectivity index (χ4v) is 2.01. The SMILES string of the molecule is CCC(CNC(=O)NC1CCN(C)C1=O)CC(=O)O. The van der Waals surface area contributed by atoms with E-state index in [2.05, 4.69) is 10.6 Å². The van der Waals surface area contributed by atoms with Crippen LogP contribution in [0.15, 0.2) is 0 Å². The molecular formula is C12H21N3O4. The van der Waals surface area contributed by atoms with E-state index in [1.807, 2.05) is 6.92 Å². The van der Waals surface area contributed by atoms with Crippen LogP contribution >= 0.6 is 0 Å². The van der Waals surface area contributed by atoms with E-state index >= 15 is 0 Å². The summed E-state index contributed by atoms with van der Waals surface area (Å²) in [5.41, 5.74) is 0. The molecule has 3 amide bonds. The zero-order chi connectivity index (χ0) is 14.4. The first-order valence-electron chi connectivity index (χ1n) is 6.45. The number of aliphatic carboxylic acids is 1. The van der Waals surface area contributed by atoms with E-state index in [0.29, 0.717) is 25.9 Å². The van der Waals surface area contributed by atoms with Gasteiger partial charge in [-0.3, -0.25) is 9.59 Å². The third kappa shape index (κ3) is 4.76. The minimum Gasteiger partial charge on any atom is -0.481 e. The molecule has 1 aliphatic rings. The van der Waals surface area contributed by atoms with Gasteiger partial charge in [0.15, 0.2) is 0 Å². The van der Waals surface area contributed by atoms with Gasteiger partial charge in [0.1, 0.15) is 6.04 Å². The van der Waals surface area contributed by atoms with Gasteiger partial charge in [-0.05, 0) is 12.3 Å². The fourth-order valence-electron chi connectivity index (χ4n) is 2.01. The summed E-state index contributed by atoms with van der Waals surface area (Å²) < 4.78 is 0. The molecule has 1 heterocycles. The summed E-state index contributed by atoms with van der Waals surface area (Å²) in [6.45, 7) is 2.81. The molecule has 0 bridgehead atoms. The molecule has 0 aromatic carbocycles. The van der Waals surface area contributed by atoms with Crippen LogP contribution in [0.2, 0.25) is 0 Å². The Hall–Kier alpha value is -1.79. The summed E-state index contributed by atoms with van der Waals surface area (Å²) in [7, 11) is 1.70. The van der Waals surface area contributed by atoms with Crippen molar-refractivity contribution in [1.29, 1.82) is 0 Å². The largest absolute Gasteiger partial charge is 0.481 e. The average Bonchev–Trinajstić information content (AvgIpc) is 2.66. The number of hydrogen-bond donors (Lipinski definition) is 3. The van der Waals surface area contributed by atoms with Crippen LogP contribution in [0, 0.1) is 5.92 Å². The highest BCUT2D eigenvalue weighted by atomic mass is 16.4. The van der Waals surface area contributed by atoms with Gasteiger partial charge in [0.2, 0.25) is 5.91 Å². The van der Waals surface area contributed by atoms with E-state index in [0.717, 1.165) is 0 Å². The zero-order valence-corrected chi connectivity index (χ0v) is 11.3. The number of nitrogens with one attached hydrogen (secondary N) is 2. The number of carbonyl (C=O) groups excluding carboxylic acids is 2. The van der Waals surface area contributed by atoms with Gasteiger partial charge >= 0.3 is 12.0 Å². The molecule has 7 heteroatoms. The van der Waals surface area contributed by atoms with Crippen molar-refractivity contribution in [3.05, 3.63) is 0 Å². The van der Waals surface area contributed by atoms with Gasteiger partial charge in [-0.2, -0.15) is 0 Å². The average molecular weight is 271 g/mol. The molecule has 19 heavy (non-hydrogen) atoms. The minimum atomic E-state index is -0.873. The van der Waals surface area contributed by atoms with E-state index in [4.69, 9.17) is 5.11 Å². The summed E-state index contributed by atoms with van der Waals surface area (Å²) in [6.07, 6.45) is 1.31. The van der Waals surface area contributed by atoms with Crippen LogP contribution in [-0.4, -0.2) is 54.1 Å². The summed E-state index contributed by atoms with van der Waals surface area (Å²) >= 11 is 0. The predicted octanol–water partition coefficient (Wildman–Crippen LogP) is 0.0172. The monoisotopic (exact) mass is 271 g/mol. The minimum absolute atomic E-state index is 0.0296. The maximum atomic E-state index is 11.6. The quantitative estimate of drug-likeness (QED) is 0.634. The van der Waals surface area contributed by atoms with Gasteiger partial charge < -0.3 is 20.6 Å². The van der Waals surface area contributed by atoms with E-state index in [1.165, 1.54) is 0 Å². The van der Waals surface area contributed by atoms with Gasteiger partial charge in [0.05, 0.1) is 0 Å².